The van der Waals surface area contributed by atoms with Crippen LogP contribution in [0.25, 0.3) is 6.08 Å². The van der Waals surface area contributed by atoms with Crippen molar-refractivity contribution in [2.75, 3.05) is 7.18 Å². The van der Waals surface area contributed by atoms with Crippen molar-refractivity contribution >= 4 is 6.08 Å². The highest BCUT2D eigenvalue weighted by molar-refractivity contribution is 5.39. The van der Waals surface area contributed by atoms with E-state index in [-0.39, 0.29) is 6.61 Å². The van der Waals surface area contributed by atoms with Crippen LogP contribution in [0.1, 0.15) is 11.5 Å². The van der Waals surface area contributed by atoms with E-state index in [9.17, 15) is 4.39 Å². The molecule has 1 aromatic heterocycles. The van der Waals surface area contributed by atoms with E-state index in [0.717, 1.165) is 0 Å². The zero-order valence-corrected chi connectivity index (χ0v) is 6.38. The second kappa shape index (κ2) is 5.68. The predicted molar refractivity (Wildman–Crippen MR) is 41.8 cm³/mol. The smallest absolute Gasteiger partial charge is 0.130 e. The molecule has 1 N–H and O–H groups in total. The Morgan fingerprint density at radius 1 is 1.64 bits per heavy atom. The first-order valence-electron chi connectivity index (χ1n) is 3.06. The molecule has 2 nitrogen and oxygen atoms in total. The minimum absolute atomic E-state index is 0.0478. The molecule has 0 aromatic carbocycles. The van der Waals surface area contributed by atoms with Gasteiger partial charge in [-0.05, 0) is 18.2 Å². The van der Waals surface area contributed by atoms with Crippen LogP contribution < -0.4 is 0 Å². The molecule has 0 radical (unpaired) electrons. The van der Waals surface area contributed by atoms with Crippen LogP contribution in [0, 0.1) is 0 Å². The molecule has 1 rings (SSSR count). The van der Waals surface area contributed by atoms with Gasteiger partial charge in [0.2, 0.25) is 0 Å². The van der Waals surface area contributed by atoms with Crippen LogP contribution in [0.3, 0.4) is 0 Å². The van der Waals surface area contributed by atoms with Gasteiger partial charge in [0.25, 0.3) is 0 Å². The fourth-order valence-electron chi connectivity index (χ4n) is 0.589. The summed E-state index contributed by atoms with van der Waals surface area (Å²) in [6.07, 6.45) is 1.60. The van der Waals surface area contributed by atoms with E-state index in [1.807, 2.05) is 0 Å². The van der Waals surface area contributed by atoms with Crippen molar-refractivity contribution in [1.29, 1.82) is 0 Å². The molecule has 0 unspecified atom stereocenters. The van der Waals surface area contributed by atoms with E-state index in [2.05, 4.69) is 6.58 Å². The number of hydrogen-bond donors (Lipinski definition) is 1. The van der Waals surface area contributed by atoms with Crippen molar-refractivity contribution in [3.05, 3.63) is 30.2 Å². The molecule has 0 fully saturated rings. The Bertz CT molecular complexity index is 206. The summed E-state index contributed by atoms with van der Waals surface area (Å²) in [6, 6.07) is 3.48. The number of rotatable bonds is 2. The van der Waals surface area contributed by atoms with Crippen molar-refractivity contribution in [2.45, 2.75) is 6.61 Å². The molecule has 0 saturated heterocycles. The average Bonchev–Trinajstić information content (AvgIpc) is 2.55. The molecule has 0 aliphatic heterocycles. The first-order chi connectivity index (χ1) is 5.36. The van der Waals surface area contributed by atoms with Gasteiger partial charge in [-0.3, -0.25) is 4.39 Å². The van der Waals surface area contributed by atoms with Gasteiger partial charge in [-0.15, -0.1) is 0 Å². The Balaban J connectivity index is 0.000000461. The third kappa shape index (κ3) is 3.00. The van der Waals surface area contributed by atoms with Crippen LogP contribution in [-0.2, 0) is 6.61 Å². The van der Waals surface area contributed by atoms with E-state index < -0.39 is 0 Å². The van der Waals surface area contributed by atoms with E-state index in [4.69, 9.17) is 9.52 Å². The third-order valence-electron chi connectivity index (χ3n) is 1.04. The van der Waals surface area contributed by atoms with E-state index in [1.54, 1.807) is 18.2 Å². The van der Waals surface area contributed by atoms with Gasteiger partial charge >= 0.3 is 0 Å². The molecule has 62 valence electrons. The minimum Gasteiger partial charge on any atom is -0.459 e. The fourth-order valence-corrected chi connectivity index (χ4v) is 0.589. The van der Waals surface area contributed by atoms with E-state index in [1.165, 1.54) is 0 Å². The molecule has 11 heavy (non-hydrogen) atoms. The molecule has 0 aliphatic carbocycles. The fraction of sp³-hybridized carbons (Fsp3) is 0.250. The summed E-state index contributed by atoms with van der Waals surface area (Å²) in [4.78, 5) is 0. The molecule has 0 spiro atoms. The first-order valence-corrected chi connectivity index (χ1v) is 3.06. The molecule has 3 heteroatoms. The molecule has 0 aliphatic rings. The van der Waals surface area contributed by atoms with Crippen LogP contribution in [0.5, 0.6) is 0 Å². The lowest BCUT2D eigenvalue weighted by molar-refractivity contribution is 0.246. The number of alkyl halides is 1. The Morgan fingerprint density at radius 2 is 2.27 bits per heavy atom. The summed E-state index contributed by atoms with van der Waals surface area (Å²) in [5.74, 6) is 1.27. The molecule has 1 heterocycles. The average molecular weight is 158 g/mol. The number of aliphatic hydroxyl groups is 1. The zero-order chi connectivity index (χ0) is 8.69. The first kappa shape index (κ1) is 9.91. The van der Waals surface area contributed by atoms with Gasteiger partial charge in [-0.2, -0.15) is 0 Å². The topological polar surface area (TPSA) is 33.4 Å². The molecular formula is C8H11FO2. The van der Waals surface area contributed by atoms with Gasteiger partial charge in [0.15, 0.2) is 0 Å². The summed E-state index contributed by atoms with van der Waals surface area (Å²) in [5, 5.41) is 8.52. The van der Waals surface area contributed by atoms with Crippen molar-refractivity contribution in [3.63, 3.8) is 0 Å². The van der Waals surface area contributed by atoms with Gasteiger partial charge in [0.1, 0.15) is 18.1 Å². The van der Waals surface area contributed by atoms with Gasteiger partial charge < -0.3 is 9.52 Å². The summed E-state index contributed by atoms with van der Waals surface area (Å²) in [5.41, 5.74) is 0. The quantitative estimate of drug-likeness (QED) is 0.714. The predicted octanol–water partition coefficient (Wildman–Crippen LogP) is 2.00. The maximum absolute atomic E-state index is 9.50. The normalized spacial score (nSPS) is 8.27. The summed E-state index contributed by atoms with van der Waals surface area (Å²) >= 11 is 0. The van der Waals surface area contributed by atoms with Gasteiger partial charge in [-0.25, -0.2) is 0 Å². The Labute approximate surface area is 65.0 Å². The van der Waals surface area contributed by atoms with Crippen LogP contribution in [-0.4, -0.2) is 12.3 Å². The van der Waals surface area contributed by atoms with Crippen molar-refractivity contribution in [3.8, 4) is 0 Å². The van der Waals surface area contributed by atoms with Gasteiger partial charge in [0, 0.05) is 0 Å². The third-order valence-corrected chi connectivity index (χ3v) is 1.04. The summed E-state index contributed by atoms with van der Waals surface area (Å²) in [7, 11) is 0.500. The van der Waals surface area contributed by atoms with E-state index in [0.29, 0.717) is 18.7 Å². The number of aliphatic hydroxyl groups excluding tert-OH is 1. The van der Waals surface area contributed by atoms with Gasteiger partial charge in [-0.1, -0.05) is 6.58 Å². The lowest BCUT2D eigenvalue weighted by Gasteiger charge is -1.83. The Kier molecular flexibility index (Phi) is 5.11. The van der Waals surface area contributed by atoms with Crippen LogP contribution >= 0.6 is 0 Å². The number of hydrogen-bond acceptors (Lipinski definition) is 2. The van der Waals surface area contributed by atoms with Crippen LogP contribution in [0.15, 0.2) is 23.1 Å². The Hall–Kier alpha value is -1.09. The maximum atomic E-state index is 9.50. The number of furan rings is 1. The van der Waals surface area contributed by atoms with E-state index >= 15 is 0 Å². The molecule has 0 bridgehead atoms. The van der Waals surface area contributed by atoms with Gasteiger partial charge in [0.05, 0.1) is 7.18 Å². The SMILES string of the molecule is C=Cc1ccc(CO)o1.CF. The highest BCUT2D eigenvalue weighted by Gasteiger charge is 1.93. The van der Waals surface area contributed by atoms with Crippen molar-refractivity contribution in [1.82, 2.24) is 0 Å². The monoisotopic (exact) mass is 158 g/mol. The molecule has 1 aromatic rings. The lowest BCUT2D eigenvalue weighted by atomic mass is 10.4. The van der Waals surface area contributed by atoms with Crippen molar-refractivity contribution < 1.29 is 13.9 Å². The molecule has 0 atom stereocenters. The summed E-state index contributed by atoms with van der Waals surface area (Å²) < 4.78 is 14.5. The maximum Gasteiger partial charge on any atom is 0.130 e. The highest BCUT2D eigenvalue weighted by Crippen LogP contribution is 2.07. The zero-order valence-electron chi connectivity index (χ0n) is 6.38. The minimum atomic E-state index is -0.0478. The molecule has 0 amide bonds. The largest absolute Gasteiger partial charge is 0.459 e. The summed E-state index contributed by atoms with van der Waals surface area (Å²) in [6.45, 7) is 3.46. The van der Waals surface area contributed by atoms with Crippen LogP contribution in [0.2, 0.25) is 0 Å². The molecule has 0 saturated carbocycles. The second-order valence-electron chi connectivity index (χ2n) is 1.67. The standard InChI is InChI=1S/C7H8O2.CH3F/c1-2-6-3-4-7(5-8)9-6;1-2/h2-4,8H,1,5H2;1H3. The highest BCUT2D eigenvalue weighted by atomic mass is 19.1. The molecular weight excluding hydrogens is 147 g/mol. The van der Waals surface area contributed by atoms with Crippen LogP contribution in [0.4, 0.5) is 4.39 Å². The van der Waals surface area contributed by atoms with Crippen molar-refractivity contribution in [2.24, 2.45) is 0 Å². The number of halogens is 1. The Morgan fingerprint density at radius 3 is 2.55 bits per heavy atom. The second-order valence-corrected chi connectivity index (χ2v) is 1.67. The lowest BCUT2D eigenvalue weighted by Crippen LogP contribution is -1.73.